The SMILES string of the molecule is B[C@H](C)C1SC[C@](O)(COC)C1OC. The molecule has 4 atom stereocenters. The minimum absolute atomic E-state index is 0.118. The van der Waals surface area contributed by atoms with Gasteiger partial charge in [-0.25, -0.2) is 0 Å². The second-order valence-corrected chi connectivity index (χ2v) is 5.38. The molecule has 82 valence electrons. The van der Waals surface area contributed by atoms with Crippen LogP contribution in [-0.2, 0) is 9.47 Å². The Labute approximate surface area is 90.9 Å². The van der Waals surface area contributed by atoms with Crippen molar-refractivity contribution >= 4 is 19.6 Å². The Morgan fingerprint density at radius 2 is 2.29 bits per heavy atom. The zero-order valence-electron chi connectivity index (χ0n) is 9.32. The van der Waals surface area contributed by atoms with Crippen molar-refractivity contribution in [1.82, 2.24) is 0 Å². The molecule has 1 N–H and O–H groups in total. The van der Waals surface area contributed by atoms with Gasteiger partial charge in [0.05, 0.1) is 6.61 Å². The van der Waals surface area contributed by atoms with Crippen molar-refractivity contribution in [2.75, 3.05) is 26.6 Å². The zero-order valence-corrected chi connectivity index (χ0v) is 10.1. The summed E-state index contributed by atoms with van der Waals surface area (Å²) in [4.78, 5) is 0. The normalized spacial score (nSPS) is 40.0. The van der Waals surface area contributed by atoms with Gasteiger partial charge in [0.25, 0.3) is 0 Å². The summed E-state index contributed by atoms with van der Waals surface area (Å²) in [6.07, 6.45) is -0.118. The molecule has 0 spiro atoms. The van der Waals surface area contributed by atoms with E-state index in [-0.39, 0.29) is 6.10 Å². The van der Waals surface area contributed by atoms with E-state index in [0.29, 0.717) is 23.4 Å². The number of hydrogen-bond acceptors (Lipinski definition) is 4. The lowest BCUT2D eigenvalue weighted by atomic mass is 9.80. The van der Waals surface area contributed by atoms with E-state index < -0.39 is 5.60 Å². The van der Waals surface area contributed by atoms with Crippen LogP contribution < -0.4 is 0 Å². The predicted octanol–water partition coefficient (Wildman–Crippen LogP) is -0.0642. The van der Waals surface area contributed by atoms with Gasteiger partial charge in [0.2, 0.25) is 0 Å². The summed E-state index contributed by atoms with van der Waals surface area (Å²) >= 11 is 1.78. The van der Waals surface area contributed by atoms with E-state index in [1.165, 1.54) is 0 Å². The molecule has 1 rings (SSSR count). The van der Waals surface area contributed by atoms with Crippen molar-refractivity contribution in [3.63, 3.8) is 0 Å². The molecule has 0 radical (unpaired) electrons. The van der Waals surface area contributed by atoms with E-state index in [9.17, 15) is 5.11 Å². The summed E-state index contributed by atoms with van der Waals surface area (Å²) in [5, 5.41) is 10.7. The van der Waals surface area contributed by atoms with Gasteiger partial charge in [0.1, 0.15) is 19.6 Å². The van der Waals surface area contributed by atoms with Crippen LogP contribution in [0.2, 0.25) is 5.82 Å². The Bertz CT molecular complexity index is 191. The van der Waals surface area contributed by atoms with E-state index in [1.807, 2.05) is 0 Å². The Hall–Kier alpha value is 0.295. The Balaban J connectivity index is 2.72. The van der Waals surface area contributed by atoms with Gasteiger partial charge in [-0.2, -0.15) is 11.8 Å². The maximum absolute atomic E-state index is 10.3. The lowest BCUT2D eigenvalue weighted by molar-refractivity contribution is -0.105. The summed E-state index contributed by atoms with van der Waals surface area (Å²) < 4.78 is 10.4. The van der Waals surface area contributed by atoms with Crippen LogP contribution in [0.3, 0.4) is 0 Å². The van der Waals surface area contributed by atoms with Crippen molar-refractivity contribution < 1.29 is 14.6 Å². The number of ether oxygens (including phenoxy) is 2. The molecule has 0 aliphatic carbocycles. The molecule has 0 saturated carbocycles. The van der Waals surface area contributed by atoms with Crippen molar-refractivity contribution in [1.29, 1.82) is 0 Å². The molecule has 1 aliphatic rings. The third-order valence-corrected chi connectivity index (χ3v) is 4.50. The van der Waals surface area contributed by atoms with E-state index in [4.69, 9.17) is 9.47 Å². The molecule has 3 nitrogen and oxygen atoms in total. The third kappa shape index (κ3) is 2.27. The highest BCUT2D eigenvalue weighted by atomic mass is 32.2. The standard InChI is InChI=1S/C9H19BO3S/c1-6(10)7-8(13-3)9(11,4-12-2)5-14-7/h6-8,11H,4-5,10H2,1-3H3/t6-,7?,8?,9-/m1/s1. The Kier molecular flexibility index (Phi) is 4.31. The van der Waals surface area contributed by atoms with Gasteiger partial charge in [-0.1, -0.05) is 12.7 Å². The molecule has 1 aliphatic heterocycles. The molecule has 14 heavy (non-hydrogen) atoms. The summed E-state index contributed by atoms with van der Waals surface area (Å²) in [5.74, 6) is 1.21. The molecule has 5 heteroatoms. The zero-order chi connectivity index (χ0) is 10.8. The first-order valence-electron chi connectivity index (χ1n) is 4.91. The quantitative estimate of drug-likeness (QED) is 0.671. The molecular formula is C9H19BO3S. The van der Waals surface area contributed by atoms with E-state index in [1.54, 1.807) is 26.0 Å². The third-order valence-electron chi connectivity index (χ3n) is 2.66. The minimum atomic E-state index is -0.816. The first-order chi connectivity index (χ1) is 6.55. The van der Waals surface area contributed by atoms with E-state index in [2.05, 4.69) is 14.8 Å². The van der Waals surface area contributed by atoms with Crippen LogP contribution in [0.25, 0.3) is 0 Å². The summed E-state index contributed by atoms with van der Waals surface area (Å²) in [6, 6.07) is 0. The van der Waals surface area contributed by atoms with Gasteiger partial charge < -0.3 is 14.6 Å². The van der Waals surface area contributed by atoms with Gasteiger partial charge >= 0.3 is 0 Å². The molecule has 0 aromatic carbocycles. The number of methoxy groups -OCH3 is 2. The molecule has 1 saturated heterocycles. The summed E-state index contributed by atoms with van der Waals surface area (Å²) in [5.41, 5.74) is -0.816. The average Bonchev–Trinajstić information content (AvgIpc) is 2.43. The minimum Gasteiger partial charge on any atom is -0.384 e. The number of rotatable bonds is 4. The fourth-order valence-corrected chi connectivity index (χ4v) is 3.64. The fourth-order valence-electron chi connectivity index (χ4n) is 1.99. The predicted molar refractivity (Wildman–Crippen MR) is 61.8 cm³/mol. The van der Waals surface area contributed by atoms with Crippen molar-refractivity contribution in [2.45, 2.75) is 29.7 Å². The largest absolute Gasteiger partial charge is 0.384 e. The van der Waals surface area contributed by atoms with Crippen LogP contribution in [0.1, 0.15) is 6.92 Å². The number of hydrogen-bond donors (Lipinski definition) is 1. The van der Waals surface area contributed by atoms with E-state index in [0.717, 1.165) is 0 Å². The smallest absolute Gasteiger partial charge is 0.124 e. The second-order valence-electron chi connectivity index (χ2n) is 4.21. The molecule has 0 aromatic rings. The fraction of sp³-hybridized carbons (Fsp3) is 1.00. The van der Waals surface area contributed by atoms with Gasteiger partial charge in [-0.15, -0.1) is 0 Å². The monoisotopic (exact) mass is 218 g/mol. The molecule has 0 bridgehead atoms. The number of aliphatic hydroxyl groups is 1. The lowest BCUT2D eigenvalue weighted by Crippen LogP contribution is -2.49. The molecular weight excluding hydrogens is 199 g/mol. The maximum atomic E-state index is 10.3. The van der Waals surface area contributed by atoms with Crippen LogP contribution in [0.15, 0.2) is 0 Å². The maximum Gasteiger partial charge on any atom is 0.124 e. The first-order valence-corrected chi connectivity index (χ1v) is 5.95. The highest BCUT2D eigenvalue weighted by Gasteiger charge is 2.49. The van der Waals surface area contributed by atoms with Crippen LogP contribution >= 0.6 is 11.8 Å². The number of thioether (sulfide) groups is 1. The van der Waals surface area contributed by atoms with Crippen LogP contribution in [-0.4, -0.2) is 56.5 Å². The molecule has 1 fully saturated rings. The second kappa shape index (κ2) is 4.88. The highest BCUT2D eigenvalue weighted by molar-refractivity contribution is 8.00. The highest BCUT2D eigenvalue weighted by Crippen LogP contribution is 2.41. The van der Waals surface area contributed by atoms with Gasteiger partial charge in [-0.3, -0.25) is 0 Å². The first kappa shape index (κ1) is 12.4. The molecule has 0 aromatic heterocycles. The molecule has 1 heterocycles. The lowest BCUT2D eigenvalue weighted by Gasteiger charge is -2.31. The van der Waals surface area contributed by atoms with Gasteiger partial charge in [-0.05, 0) is 0 Å². The Morgan fingerprint density at radius 3 is 2.71 bits per heavy atom. The van der Waals surface area contributed by atoms with Gasteiger partial charge in [0.15, 0.2) is 0 Å². The molecule has 2 unspecified atom stereocenters. The van der Waals surface area contributed by atoms with E-state index >= 15 is 0 Å². The van der Waals surface area contributed by atoms with Crippen LogP contribution in [0, 0.1) is 0 Å². The van der Waals surface area contributed by atoms with Crippen molar-refractivity contribution in [3.8, 4) is 0 Å². The summed E-state index contributed by atoms with van der Waals surface area (Å²) in [6.45, 7) is 2.50. The van der Waals surface area contributed by atoms with Gasteiger partial charge in [0, 0.05) is 25.2 Å². The molecule has 0 amide bonds. The van der Waals surface area contributed by atoms with Crippen molar-refractivity contribution in [2.24, 2.45) is 0 Å². The average molecular weight is 218 g/mol. The van der Waals surface area contributed by atoms with Crippen LogP contribution in [0.5, 0.6) is 0 Å². The topological polar surface area (TPSA) is 38.7 Å². The summed E-state index contributed by atoms with van der Waals surface area (Å²) in [7, 11) is 5.42. The Morgan fingerprint density at radius 1 is 1.64 bits per heavy atom. The van der Waals surface area contributed by atoms with Crippen molar-refractivity contribution in [3.05, 3.63) is 0 Å². The van der Waals surface area contributed by atoms with Crippen LogP contribution in [0.4, 0.5) is 0 Å².